The molecule has 0 spiro atoms. The molecule has 0 bridgehead atoms. The predicted octanol–water partition coefficient (Wildman–Crippen LogP) is 2.87. The van der Waals surface area contributed by atoms with Crippen LogP contribution in [0.1, 0.15) is 39.0 Å². The van der Waals surface area contributed by atoms with Gasteiger partial charge in [-0.05, 0) is 19.8 Å². The van der Waals surface area contributed by atoms with Gasteiger partial charge in [0.2, 0.25) is 0 Å². The van der Waals surface area contributed by atoms with Crippen molar-refractivity contribution >= 4 is 0 Å². The Morgan fingerprint density at radius 2 is 1.94 bits per heavy atom. The highest BCUT2D eigenvalue weighted by Gasteiger charge is 2.32. The van der Waals surface area contributed by atoms with Gasteiger partial charge in [0.1, 0.15) is 0 Å². The predicted molar refractivity (Wildman–Crippen MR) is 56.3 cm³/mol. The van der Waals surface area contributed by atoms with Crippen LogP contribution in [0.2, 0.25) is 0 Å². The van der Waals surface area contributed by atoms with Gasteiger partial charge in [0, 0.05) is 19.2 Å². The molecule has 0 aliphatic heterocycles. The van der Waals surface area contributed by atoms with Gasteiger partial charge < -0.3 is 10.1 Å². The lowest BCUT2D eigenvalue weighted by molar-refractivity contribution is -0.140. The molecule has 0 aromatic carbocycles. The summed E-state index contributed by atoms with van der Waals surface area (Å²) in [4.78, 5) is 0. The minimum Gasteiger partial charge on any atom is -0.380 e. The maximum absolute atomic E-state index is 12.2. The van der Waals surface area contributed by atoms with Gasteiger partial charge in [-0.3, -0.25) is 0 Å². The first-order chi connectivity index (χ1) is 7.42. The molecular formula is C11H20F3NO. The summed E-state index contributed by atoms with van der Waals surface area (Å²) < 4.78 is 41.8. The van der Waals surface area contributed by atoms with Crippen LogP contribution in [0.25, 0.3) is 0 Å². The number of rotatable bonds is 4. The topological polar surface area (TPSA) is 21.3 Å². The van der Waals surface area contributed by atoms with Gasteiger partial charge in [0.25, 0.3) is 0 Å². The molecule has 0 aromatic rings. The number of alkyl halides is 3. The van der Waals surface area contributed by atoms with Crippen molar-refractivity contribution in [3.63, 3.8) is 0 Å². The third kappa shape index (κ3) is 4.70. The Kier molecular flexibility index (Phi) is 5.05. The van der Waals surface area contributed by atoms with Crippen LogP contribution in [0, 0.1) is 0 Å². The van der Waals surface area contributed by atoms with Gasteiger partial charge in [-0.15, -0.1) is 0 Å². The van der Waals surface area contributed by atoms with E-state index in [1.165, 1.54) is 0 Å². The summed E-state index contributed by atoms with van der Waals surface area (Å²) in [6.45, 7) is 1.58. The van der Waals surface area contributed by atoms with E-state index in [-0.39, 0.29) is 12.1 Å². The molecule has 0 saturated heterocycles. The number of nitrogens with one attached hydrogen (secondary N) is 1. The normalized spacial score (nSPS) is 29.1. The number of methoxy groups -OCH3 is 1. The van der Waals surface area contributed by atoms with E-state index in [0.717, 1.165) is 25.7 Å². The number of hydrogen-bond donors (Lipinski definition) is 1. The molecule has 5 heteroatoms. The highest BCUT2D eigenvalue weighted by atomic mass is 19.4. The molecule has 16 heavy (non-hydrogen) atoms. The molecule has 1 aliphatic carbocycles. The van der Waals surface area contributed by atoms with E-state index < -0.39 is 18.6 Å². The molecule has 0 radical (unpaired) electrons. The monoisotopic (exact) mass is 239 g/mol. The van der Waals surface area contributed by atoms with Crippen molar-refractivity contribution < 1.29 is 17.9 Å². The van der Waals surface area contributed by atoms with E-state index in [4.69, 9.17) is 4.74 Å². The van der Waals surface area contributed by atoms with Crippen LogP contribution in [0.5, 0.6) is 0 Å². The summed E-state index contributed by atoms with van der Waals surface area (Å²) in [5.74, 6) is 0. The number of ether oxygens (including phenoxy) is 1. The van der Waals surface area contributed by atoms with Crippen LogP contribution in [0.3, 0.4) is 0 Å². The fourth-order valence-electron chi connectivity index (χ4n) is 2.34. The van der Waals surface area contributed by atoms with Gasteiger partial charge >= 0.3 is 6.18 Å². The fourth-order valence-corrected chi connectivity index (χ4v) is 2.34. The molecule has 0 amide bonds. The van der Waals surface area contributed by atoms with Crippen molar-refractivity contribution in [2.75, 3.05) is 7.11 Å². The molecule has 96 valence electrons. The lowest BCUT2D eigenvalue weighted by Gasteiger charge is -2.33. The van der Waals surface area contributed by atoms with Crippen LogP contribution in [0.4, 0.5) is 13.2 Å². The molecule has 3 unspecified atom stereocenters. The summed E-state index contributed by atoms with van der Waals surface area (Å²) in [5.41, 5.74) is 0. The second kappa shape index (κ2) is 5.87. The lowest BCUT2D eigenvalue weighted by Crippen LogP contribution is -2.47. The Labute approximate surface area is 94.5 Å². The zero-order valence-corrected chi connectivity index (χ0v) is 9.81. The summed E-state index contributed by atoms with van der Waals surface area (Å²) in [6, 6.07) is -0.475. The number of halogens is 3. The van der Waals surface area contributed by atoms with Crippen molar-refractivity contribution in [3.05, 3.63) is 0 Å². The summed E-state index contributed by atoms with van der Waals surface area (Å²) in [5, 5.41) is 3.03. The van der Waals surface area contributed by atoms with Crippen molar-refractivity contribution in [3.8, 4) is 0 Å². The molecule has 1 N–H and O–H groups in total. The van der Waals surface area contributed by atoms with Crippen LogP contribution in [-0.2, 0) is 4.74 Å². The van der Waals surface area contributed by atoms with Crippen LogP contribution in [-0.4, -0.2) is 31.5 Å². The Bertz CT molecular complexity index is 208. The molecule has 2 nitrogen and oxygen atoms in total. The first-order valence-electron chi connectivity index (χ1n) is 5.78. The molecular weight excluding hydrogens is 219 g/mol. The Morgan fingerprint density at radius 3 is 2.50 bits per heavy atom. The Balaban J connectivity index is 2.39. The van der Waals surface area contributed by atoms with Crippen LogP contribution >= 0.6 is 0 Å². The lowest BCUT2D eigenvalue weighted by atomic mass is 9.91. The second-order valence-corrected chi connectivity index (χ2v) is 4.55. The first kappa shape index (κ1) is 13.8. The average Bonchev–Trinajstić information content (AvgIpc) is 2.15. The van der Waals surface area contributed by atoms with Gasteiger partial charge in [0.05, 0.1) is 12.5 Å². The van der Waals surface area contributed by atoms with Gasteiger partial charge in [-0.2, -0.15) is 13.2 Å². The van der Waals surface area contributed by atoms with Crippen LogP contribution in [0.15, 0.2) is 0 Å². The zero-order valence-electron chi connectivity index (χ0n) is 9.81. The Hall–Kier alpha value is -0.290. The Morgan fingerprint density at radius 1 is 1.31 bits per heavy atom. The van der Waals surface area contributed by atoms with E-state index >= 15 is 0 Å². The van der Waals surface area contributed by atoms with E-state index in [1.807, 2.05) is 0 Å². The van der Waals surface area contributed by atoms with E-state index in [1.54, 1.807) is 14.0 Å². The van der Waals surface area contributed by atoms with Crippen LogP contribution < -0.4 is 5.32 Å². The molecule has 1 rings (SSSR count). The minimum atomic E-state index is -4.09. The van der Waals surface area contributed by atoms with Crippen molar-refractivity contribution in [1.29, 1.82) is 0 Å². The van der Waals surface area contributed by atoms with Gasteiger partial charge in [-0.1, -0.05) is 12.8 Å². The summed E-state index contributed by atoms with van der Waals surface area (Å²) in [7, 11) is 1.62. The fraction of sp³-hybridized carbons (Fsp3) is 1.00. The second-order valence-electron chi connectivity index (χ2n) is 4.55. The number of hydrogen-bond acceptors (Lipinski definition) is 2. The molecule has 3 atom stereocenters. The largest absolute Gasteiger partial charge is 0.390 e. The highest BCUT2D eigenvalue weighted by Crippen LogP contribution is 2.24. The van der Waals surface area contributed by atoms with Crippen molar-refractivity contribution in [1.82, 2.24) is 5.32 Å². The first-order valence-corrected chi connectivity index (χ1v) is 5.78. The summed E-state index contributed by atoms with van der Waals surface area (Å²) in [6.07, 6.45) is -0.804. The molecule has 1 fully saturated rings. The maximum atomic E-state index is 12.2. The quantitative estimate of drug-likeness (QED) is 0.814. The highest BCUT2D eigenvalue weighted by molar-refractivity contribution is 4.84. The standard InChI is InChI=1S/C11H20F3NO/c1-8(7-11(12,13)14)15-9-5-3-4-6-10(9)16-2/h8-10,15H,3-7H2,1-2H3. The van der Waals surface area contributed by atoms with Crippen molar-refractivity contribution in [2.45, 2.75) is 63.4 Å². The average molecular weight is 239 g/mol. The van der Waals surface area contributed by atoms with Gasteiger partial charge in [0.15, 0.2) is 0 Å². The van der Waals surface area contributed by atoms with E-state index in [9.17, 15) is 13.2 Å². The summed E-state index contributed by atoms with van der Waals surface area (Å²) >= 11 is 0. The molecule has 1 aliphatic rings. The SMILES string of the molecule is COC1CCCCC1NC(C)CC(F)(F)F. The zero-order chi connectivity index (χ0) is 12.2. The molecule has 1 saturated carbocycles. The smallest absolute Gasteiger partial charge is 0.380 e. The van der Waals surface area contributed by atoms with E-state index in [0.29, 0.717) is 0 Å². The maximum Gasteiger partial charge on any atom is 0.390 e. The van der Waals surface area contributed by atoms with Crippen molar-refractivity contribution in [2.24, 2.45) is 0 Å². The third-order valence-electron chi connectivity index (χ3n) is 3.04. The minimum absolute atomic E-state index is 0.0597. The van der Waals surface area contributed by atoms with E-state index in [2.05, 4.69) is 5.32 Å². The molecule has 0 heterocycles. The molecule has 0 aromatic heterocycles. The third-order valence-corrected chi connectivity index (χ3v) is 3.04. The van der Waals surface area contributed by atoms with Gasteiger partial charge in [-0.25, -0.2) is 0 Å².